The number of nitrogens with zero attached hydrogens (tertiary/aromatic N) is 1. The minimum Gasteiger partial charge on any atom is -0.175 e. The highest BCUT2D eigenvalue weighted by atomic mass is 32.2. The Labute approximate surface area is 70.3 Å². The van der Waals surface area contributed by atoms with Gasteiger partial charge in [-0.3, -0.25) is 0 Å². The third-order valence-electron chi connectivity index (χ3n) is 1.17. The molecule has 0 atom stereocenters. The zero-order valence-corrected chi connectivity index (χ0v) is 6.78. The number of rotatable bonds is 2. The largest absolute Gasteiger partial charge is 0.409 e. The highest BCUT2D eigenvalue weighted by Crippen LogP contribution is 2.10. The molecule has 5 heteroatoms. The van der Waals surface area contributed by atoms with Crippen molar-refractivity contribution in [3.63, 3.8) is 0 Å². The molecule has 0 aromatic heterocycles. The lowest BCUT2D eigenvalue weighted by Gasteiger charge is -1.92. The van der Waals surface area contributed by atoms with Crippen LogP contribution < -0.4 is 0 Å². The summed E-state index contributed by atoms with van der Waals surface area (Å²) in [5.74, 6) is 0. The normalized spacial score (nSPS) is 10.2. The zero-order chi connectivity index (χ0) is 9.03. The van der Waals surface area contributed by atoms with Crippen LogP contribution in [0.5, 0.6) is 0 Å². The third-order valence-corrected chi connectivity index (χ3v) is 2.29. The Hall–Kier alpha value is -1.54. The van der Waals surface area contributed by atoms with Gasteiger partial charge < -0.3 is 0 Å². The van der Waals surface area contributed by atoms with Gasteiger partial charge in [0.1, 0.15) is 4.90 Å². The topological polar surface area (TPSA) is 47.7 Å². The fourth-order valence-electron chi connectivity index (χ4n) is 0.679. The summed E-state index contributed by atoms with van der Waals surface area (Å²) in [6.45, 7) is 6.23. The lowest BCUT2D eigenvalue weighted by molar-refractivity contribution is 0.438. The second-order valence-electron chi connectivity index (χ2n) is 1.93. The van der Waals surface area contributed by atoms with Gasteiger partial charge in [-0.1, -0.05) is 22.5 Å². The fourth-order valence-corrected chi connectivity index (χ4v) is 1.35. The third kappa shape index (κ3) is 1.74. The first kappa shape index (κ1) is 8.56. The summed E-state index contributed by atoms with van der Waals surface area (Å²) in [4.78, 5) is -0.0130. The quantitative estimate of drug-likeness (QED) is 0.511. The highest BCUT2D eigenvalue weighted by Gasteiger charge is 2.17. The van der Waals surface area contributed by atoms with E-state index < -0.39 is 10.1 Å². The van der Waals surface area contributed by atoms with E-state index in [2.05, 4.69) is 9.29 Å². The van der Waals surface area contributed by atoms with Crippen molar-refractivity contribution in [2.24, 2.45) is 0 Å². The van der Waals surface area contributed by atoms with Gasteiger partial charge in [-0.2, -0.15) is 8.42 Å². The van der Waals surface area contributed by atoms with Crippen LogP contribution in [0.15, 0.2) is 35.2 Å². The second kappa shape index (κ2) is 3.24. The molecule has 0 heterocycles. The number of hydrogen-bond acceptors (Lipinski definition) is 3. The SMILES string of the molecule is [C-]#[N+]OS(=O)(=O)c1ccccc1. The highest BCUT2D eigenvalue weighted by molar-refractivity contribution is 7.86. The van der Waals surface area contributed by atoms with Crippen LogP contribution in [0.3, 0.4) is 0 Å². The average molecular weight is 183 g/mol. The summed E-state index contributed by atoms with van der Waals surface area (Å²) in [6, 6.07) is 7.51. The molecule has 0 bridgehead atoms. The molecule has 0 unspecified atom stereocenters. The van der Waals surface area contributed by atoms with Gasteiger partial charge >= 0.3 is 10.1 Å². The van der Waals surface area contributed by atoms with E-state index in [9.17, 15) is 8.42 Å². The maximum absolute atomic E-state index is 11.0. The van der Waals surface area contributed by atoms with Crippen molar-refractivity contribution in [2.75, 3.05) is 0 Å². The first-order chi connectivity index (χ1) is 5.67. The number of benzene rings is 1. The molecular formula is C7H5NO3S. The molecule has 0 saturated carbocycles. The predicted molar refractivity (Wildman–Crippen MR) is 41.3 cm³/mol. The molecule has 1 aromatic carbocycles. The van der Waals surface area contributed by atoms with Gasteiger partial charge in [-0.15, -0.1) is 6.57 Å². The molecular weight excluding hydrogens is 178 g/mol. The minimum atomic E-state index is -3.86. The summed E-state index contributed by atoms with van der Waals surface area (Å²) in [5, 5.41) is 2.35. The molecule has 0 radical (unpaired) electrons. The van der Waals surface area contributed by atoms with Crippen molar-refractivity contribution < 1.29 is 12.7 Å². The molecule has 12 heavy (non-hydrogen) atoms. The van der Waals surface area contributed by atoms with Crippen LogP contribution >= 0.6 is 0 Å². The van der Waals surface area contributed by atoms with Gasteiger partial charge in [0, 0.05) is 0 Å². The van der Waals surface area contributed by atoms with Crippen molar-refractivity contribution in [3.05, 3.63) is 41.9 Å². The minimum absolute atomic E-state index is 0.0130. The van der Waals surface area contributed by atoms with E-state index in [0.29, 0.717) is 0 Å². The van der Waals surface area contributed by atoms with E-state index >= 15 is 0 Å². The van der Waals surface area contributed by atoms with E-state index in [0.717, 1.165) is 0 Å². The molecule has 0 saturated heterocycles. The Morgan fingerprint density at radius 2 is 1.83 bits per heavy atom. The molecule has 4 nitrogen and oxygen atoms in total. The van der Waals surface area contributed by atoms with E-state index in [-0.39, 0.29) is 4.90 Å². The summed E-state index contributed by atoms with van der Waals surface area (Å²) >= 11 is 0. The maximum atomic E-state index is 11.0. The standard InChI is InChI=1S/C7H5NO3S/c1-8-11-12(9,10)7-5-3-2-4-6-7/h2-6H. The summed E-state index contributed by atoms with van der Waals surface area (Å²) in [5.41, 5.74) is 0. The molecule has 0 aliphatic carbocycles. The Kier molecular flexibility index (Phi) is 2.31. The Bertz CT molecular complexity index is 390. The summed E-state index contributed by atoms with van der Waals surface area (Å²) in [6.07, 6.45) is 0. The van der Waals surface area contributed by atoms with Gasteiger partial charge in [-0.05, 0) is 17.1 Å². The van der Waals surface area contributed by atoms with Crippen LogP contribution in [0.25, 0.3) is 5.01 Å². The van der Waals surface area contributed by atoms with Gasteiger partial charge in [0.25, 0.3) is 0 Å². The van der Waals surface area contributed by atoms with Crippen molar-refractivity contribution in [1.82, 2.24) is 0 Å². The average Bonchev–Trinajstić information content (AvgIpc) is 2.06. The van der Waals surface area contributed by atoms with Crippen LogP contribution in [0.2, 0.25) is 0 Å². The van der Waals surface area contributed by atoms with Gasteiger partial charge in [0.05, 0.1) is 0 Å². The predicted octanol–water partition coefficient (Wildman–Crippen LogP) is 1.23. The van der Waals surface area contributed by atoms with Crippen molar-refractivity contribution >= 4 is 10.1 Å². The first-order valence-electron chi connectivity index (χ1n) is 3.02. The van der Waals surface area contributed by atoms with Crippen molar-refractivity contribution in [1.29, 1.82) is 0 Å². The van der Waals surface area contributed by atoms with Gasteiger partial charge in [0.2, 0.25) is 0 Å². The van der Waals surface area contributed by atoms with Gasteiger partial charge in [-0.25, -0.2) is 0 Å². The van der Waals surface area contributed by atoms with Crippen molar-refractivity contribution in [2.45, 2.75) is 4.90 Å². The van der Waals surface area contributed by atoms with Crippen LogP contribution in [-0.4, -0.2) is 8.42 Å². The van der Waals surface area contributed by atoms with E-state index in [1.165, 1.54) is 12.1 Å². The molecule has 0 aliphatic heterocycles. The first-order valence-corrected chi connectivity index (χ1v) is 4.43. The molecule has 0 aliphatic rings. The molecule has 0 N–H and O–H groups in total. The lowest BCUT2D eigenvalue weighted by Crippen LogP contribution is -2.00. The Morgan fingerprint density at radius 1 is 1.25 bits per heavy atom. The smallest absolute Gasteiger partial charge is 0.175 e. The van der Waals surface area contributed by atoms with Crippen LogP contribution in [0.4, 0.5) is 0 Å². The van der Waals surface area contributed by atoms with Crippen LogP contribution in [0, 0.1) is 6.57 Å². The summed E-state index contributed by atoms with van der Waals surface area (Å²) in [7, 11) is -3.86. The lowest BCUT2D eigenvalue weighted by atomic mass is 10.4. The monoisotopic (exact) mass is 183 g/mol. The molecule has 1 rings (SSSR count). The van der Waals surface area contributed by atoms with Crippen LogP contribution in [0.1, 0.15) is 0 Å². The maximum Gasteiger partial charge on any atom is 0.409 e. The molecule has 0 amide bonds. The molecule has 0 fully saturated rings. The molecule has 0 spiro atoms. The second-order valence-corrected chi connectivity index (χ2v) is 3.46. The Morgan fingerprint density at radius 3 is 2.33 bits per heavy atom. The van der Waals surface area contributed by atoms with Crippen LogP contribution in [-0.2, 0) is 14.4 Å². The van der Waals surface area contributed by atoms with E-state index in [1.54, 1.807) is 18.2 Å². The number of hydrogen-bond donors (Lipinski definition) is 0. The van der Waals surface area contributed by atoms with Crippen molar-refractivity contribution in [3.8, 4) is 0 Å². The Balaban J connectivity index is 3.09. The van der Waals surface area contributed by atoms with E-state index in [4.69, 9.17) is 6.57 Å². The van der Waals surface area contributed by atoms with Gasteiger partial charge in [0.15, 0.2) is 0 Å². The molecule has 1 aromatic rings. The molecule has 62 valence electrons. The fraction of sp³-hybridized carbons (Fsp3) is 0. The zero-order valence-electron chi connectivity index (χ0n) is 5.97. The van der Waals surface area contributed by atoms with E-state index in [1.807, 2.05) is 0 Å². The summed E-state index contributed by atoms with van der Waals surface area (Å²) < 4.78 is 25.9.